The zero-order valence-electron chi connectivity index (χ0n) is 16.4. The quantitative estimate of drug-likeness (QED) is 0.482. The Balaban J connectivity index is 1.84. The number of amides is 1. The maximum atomic E-state index is 12.1. The Bertz CT molecular complexity index is 684. The van der Waals surface area contributed by atoms with Crippen LogP contribution in [0.5, 0.6) is 0 Å². The molecule has 0 unspecified atom stereocenters. The van der Waals surface area contributed by atoms with Crippen LogP contribution < -0.4 is 5.73 Å². The molecule has 1 saturated heterocycles. The highest BCUT2D eigenvalue weighted by Gasteiger charge is 2.26. The summed E-state index contributed by atoms with van der Waals surface area (Å²) < 4.78 is 15.7. The van der Waals surface area contributed by atoms with Gasteiger partial charge in [0.15, 0.2) is 5.96 Å². The SMILES string of the molecule is CCOC(=O)c1ccc(CN=C(N)N2CCN(C(=O)OC(C)(C)C)CC2)o1. The zero-order chi connectivity index (χ0) is 20.0. The van der Waals surface area contributed by atoms with Gasteiger partial charge in [0.25, 0.3) is 0 Å². The summed E-state index contributed by atoms with van der Waals surface area (Å²) in [6.45, 7) is 9.93. The average molecular weight is 380 g/mol. The minimum Gasteiger partial charge on any atom is -0.460 e. The van der Waals surface area contributed by atoms with E-state index in [-0.39, 0.29) is 25.0 Å². The van der Waals surface area contributed by atoms with Crippen LogP contribution in [0.3, 0.4) is 0 Å². The molecule has 0 aromatic carbocycles. The van der Waals surface area contributed by atoms with Crippen LogP contribution in [-0.2, 0) is 16.0 Å². The number of nitrogens with zero attached hydrogens (tertiary/aromatic N) is 3. The highest BCUT2D eigenvalue weighted by atomic mass is 16.6. The largest absolute Gasteiger partial charge is 0.460 e. The molecule has 0 bridgehead atoms. The van der Waals surface area contributed by atoms with Crippen molar-refractivity contribution in [1.29, 1.82) is 0 Å². The third kappa shape index (κ3) is 6.19. The molecule has 1 aliphatic heterocycles. The van der Waals surface area contributed by atoms with Crippen molar-refractivity contribution in [3.05, 3.63) is 23.7 Å². The first-order valence-electron chi connectivity index (χ1n) is 8.98. The summed E-state index contributed by atoms with van der Waals surface area (Å²) in [7, 11) is 0. The minimum atomic E-state index is -0.514. The first kappa shape index (κ1) is 20.6. The van der Waals surface area contributed by atoms with E-state index in [1.807, 2.05) is 25.7 Å². The summed E-state index contributed by atoms with van der Waals surface area (Å²) in [4.78, 5) is 31.5. The number of nitrogens with two attached hydrogens (primary N) is 1. The Morgan fingerprint density at radius 1 is 1.19 bits per heavy atom. The first-order valence-corrected chi connectivity index (χ1v) is 8.98. The van der Waals surface area contributed by atoms with Gasteiger partial charge in [-0.3, -0.25) is 0 Å². The van der Waals surface area contributed by atoms with Crippen molar-refractivity contribution in [2.75, 3.05) is 32.8 Å². The predicted octanol–water partition coefficient (Wildman–Crippen LogP) is 1.82. The van der Waals surface area contributed by atoms with Gasteiger partial charge in [0.2, 0.25) is 5.76 Å². The second-order valence-corrected chi connectivity index (χ2v) is 7.12. The van der Waals surface area contributed by atoms with Crippen LogP contribution in [-0.4, -0.2) is 66.2 Å². The molecule has 0 atom stereocenters. The number of ether oxygens (including phenoxy) is 2. The van der Waals surface area contributed by atoms with Gasteiger partial charge >= 0.3 is 12.1 Å². The summed E-state index contributed by atoms with van der Waals surface area (Å²) in [6.07, 6.45) is -0.320. The highest BCUT2D eigenvalue weighted by molar-refractivity contribution is 5.86. The molecule has 1 aromatic heterocycles. The third-order valence-electron chi connectivity index (χ3n) is 3.79. The number of carbonyl (C=O) groups is 2. The van der Waals surface area contributed by atoms with Crippen molar-refractivity contribution < 1.29 is 23.5 Å². The lowest BCUT2D eigenvalue weighted by Crippen LogP contribution is -2.53. The van der Waals surface area contributed by atoms with E-state index in [0.717, 1.165) is 0 Å². The van der Waals surface area contributed by atoms with Gasteiger partial charge in [-0.15, -0.1) is 0 Å². The molecule has 1 aliphatic rings. The molecule has 9 nitrogen and oxygen atoms in total. The van der Waals surface area contributed by atoms with Gasteiger partial charge < -0.3 is 29.4 Å². The summed E-state index contributed by atoms with van der Waals surface area (Å²) in [5.41, 5.74) is 5.53. The molecule has 9 heteroatoms. The Labute approximate surface area is 159 Å². The smallest absolute Gasteiger partial charge is 0.410 e. The topological polar surface area (TPSA) is 111 Å². The van der Waals surface area contributed by atoms with Crippen LogP contribution in [0, 0.1) is 0 Å². The van der Waals surface area contributed by atoms with E-state index in [4.69, 9.17) is 19.6 Å². The standard InChI is InChI=1S/C18H28N4O5/c1-5-25-15(23)14-7-6-13(26-14)12-20-16(19)21-8-10-22(11-9-21)17(24)27-18(2,3)4/h6-7H,5,8-12H2,1-4H3,(H2,19,20). The molecule has 1 aromatic rings. The molecule has 0 radical (unpaired) electrons. The fourth-order valence-corrected chi connectivity index (χ4v) is 2.48. The summed E-state index contributed by atoms with van der Waals surface area (Å²) in [5, 5.41) is 0. The highest BCUT2D eigenvalue weighted by Crippen LogP contribution is 2.13. The fourth-order valence-electron chi connectivity index (χ4n) is 2.48. The van der Waals surface area contributed by atoms with Crippen LogP contribution in [0.1, 0.15) is 44.0 Å². The molecular weight excluding hydrogens is 352 g/mol. The molecule has 2 N–H and O–H groups in total. The van der Waals surface area contributed by atoms with E-state index < -0.39 is 11.6 Å². The predicted molar refractivity (Wildman–Crippen MR) is 99.4 cm³/mol. The van der Waals surface area contributed by atoms with Crippen molar-refractivity contribution in [2.24, 2.45) is 10.7 Å². The summed E-state index contributed by atoms with van der Waals surface area (Å²) in [5.74, 6) is 0.534. The van der Waals surface area contributed by atoms with Gasteiger partial charge in [0.1, 0.15) is 17.9 Å². The van der Waals surface area contributed by atoms with Gasteiger partial charge in [-0.25, -0.2) is 14.6 Å². The third-order valence-corrected chi connectivity index (χ3v) is 3.79. The number of piperazine rings is 1. The molecule has 1 fully saturated rings. The number of furan rings is 1. The minimum absolute atomic E-state index is 0.145. The van der Waals surface area contributed by atoms with Gasteiger partial charge in [0, 0.05) is 26.2 Å². The maximum Gasteiger partial charge on any atom is 0.410 e. The first-order chi connectivity index (χ1) is 12.7. The van der Waals surface area contributed by atoms with Gasteiger partial charge in [-0.2, -0.15) is 0 Å². The van der Waals surface area contributed by atoms with E-state index in [9.17, 15) is 9.59 Å². The Hall–Kier alpha value is -2.71. The van der Waals surface area contributed by atoms with Crippen molar-refractivity contribution in [1.82, 2.24) is 9.80 Å². The molecule has 0 spiro atoms. The number of guanidine groups is 1. The van der Waals surface area contributed by atoms with Crippen molar-refractivity contribution in [3.8, 4) is 0 Å². The van der Waals surface area contributed by atoms with Crippen LogP contribution in [0.25, 0.3) is 0 Å². The number of hydrogen-bond acceptors (Lipinski definition) is 6. The Morgan fingerprint density at radius 2 is 1.81 bits per heavy atom. The molecule has 0 saturated carbocycles. The second kappa shape index (κ2) is 8.79. The van der Waals surface area contributed by atoms with Crippen molar-refractivity contribution >= 4 is 18.0 Å². The van der Waals surface area contributed by atoms with E-state index >= 15 is 0 Å². The second-order valence-electron chi connectivity index (χ2n) is 7.12. The van der Waals surface area contributed by atoms with Crippen LogP contribution >= 0.6 is 0 Å². The van der Waals surface area contributed by atoms with Crippen LogP contribution in [0.15, 0.2) is 21.5 Å². The Kier molecular flexibility index (Phi) is 6.70. The van der Waals surface area contributed by atoms with Crippen molar-refractivity contribution in [2.45, 2.75) is 39.8 Å². The molecule has 1 amide bonds. The number of esters is 1. The van der Waals surface area contributed by atoms with E-state index in [2.05, 4.69) is 4.99 Å². The summed E-state index contributed by atoms with van der Waals surface area (Å²) in [6, 6.07) is 3.22. The summed E-state index contributed by atoms with van der Waals surface area (Å²) >= 11 is 0. The maximum absolute atomic E-state index is 12.1. The number of hydrogen-bond donors (Lipinski definition) is 1. The van der Waals surface area contributed by atoms with Crippen molar-refractivity contribution in [3.63, 3.8) is 0 Å². The zero-order valence-corrected chi connectivity index (χ0v) is 16.4. The number of rotatable bonds is 4. The Morgan fingerprint density at radius 3 is 2.41 bits per heavy atom. The molecule has 2 rings (SSSR count). The van der Waals surface area contributed by atoms with E-state index in [1.54, 1.807) is 24.0 Å². The number of carbonyl (C=O) groups excluding carboxylic acids is 2. The molecule has 2 heterocycles. The fraction of sp³-hybridized carbons (Fsp3) is 0.611. The van der Waals surface area contributed by atoms with Crippen LogP contribution in [0.2, 0.25) is 0 Å². The van der Waals surface area contributed by atoms with Gasteiger partial charge in [-0.1, -0.05) is 0 Å². The van der Waals surface area contributed by atoms with Crippen LogP contribution in [0.4, 0.5) is 4.79 Å². The van der Waals surface area contributed by atoms with Gasteiger partial charge in [-0.05, 0) is 39.8 Å². The normalized spacial score (nSPS) is 15.6. The lowest BCUT2D eigenvalue weighted by atomic mass is 10.2. The average Bonchev–Trinajstić information content (AvgIpc) is 3.08. The number of aliphatic imine (C=N–C) groups is 1. The lowest BCUT2D eigenvalue weighted by molar-refractivity contribution is 0.0186. The van der Waals surface area contributed by atoms with E-state index in [1.165, 1.54) is 0 Å². The molecule has 150 valence electrons. The lowest BCUT2D eigenvalue weighted by Gasteiger charge is -2.36. The van der Waals surface area contributed by atoms with E-state index in [0.29, 0.717) is 37.9 Å². The molecular formula is C18H28N4O5. The molecule has 27 heavy (non-hydrogen) atoms. The van der Waals surface area contributed by atoms with Gasteiger partial charge in [0.05, 0.1) is 6.61 Å². The molecule has 0 aliphatic carbocycles. The monoisotopic (exact) mass is 380 g/mol.